The van der Waals surface area contributed by atoms with Crippen LogP contribution < -0.4 is 0 Å². The van der Waals surface area contributed by atoms with Gasteiger partial charge in [-0.1, -0.05) is 0 Å². The van der Waals surface area contributed by atoms with Gasteiger partial charge in [0.25, 0.3) is 0 Å². The van der Waals surface area contributed by atoms with E-state index in [0.717, 1.165) is 5.75 Å². The number of hydrogen-bond donors (Lipinski definition) is 0. The van der Waals surface area contributed by atoms with E-state index in [-0.39, 0.29) is 11.7 Å². The van der Waals surface area contributed by atoms with Gasteiger partial charge in [-0.3, -0.25) is 9.59 Å². The van der Waals surface area contributed by atoms with E-state index in [4.69, 9.17) is 0 Å². The predicted molar refractivity (Wildman–Crippen MR) is 55.9 cm³/mol. The molecule has 1 amide bonds. The molecule has 0 radical (unpaired) electrons. The average molecular weight is 203 g/mol. The largest absolute Gasteiger partial charge is 0.349 e. The number of carbonyl (C=O) groups is 2. The number of rotatable bonds is 6. The fraction of sp³-hybridized carbons (Fsp3) is 0.778. The van der Waals surface area contributed by atoms with Crippen LogP contribution in [-0.2, 0) is 9.59 Å². The van der Waals surface area contributed by atoms with E-state index >= 15 is 0 Å². The van der Waals surface area contributed by atoms with Crippen molar-refractivity contribution in [2.75, 3.05) is 26.1 Å². The second-order valence-corrected chi connectivity index (χ2v) is 4.06. The third kappa shape index (κ3) is 6.63. The zero-order chi connectivity index (χ0) is 10.3. The molecule has 0 heterocycles. The van der Waals surface area contributed by atoms with Crippen molar-refractivity contribution >= 4 is 23.5 Å². The van der Waals surface area contributed by atoms with E-state index < -0.39 is 0 Å². The van der Waals surface area contributed by atoms with E-state index in [9.17, 15) is 9.59 Å². The predicted octanol–water partition coefficient (Wildman–Crippen LogP) is 1.18. The molecule has 3 nitrogen and oxygen atoms in total. The number of carbonyl (C=O) groups excluding carboxylic acids is 2. The maximum absolute atomic E-state index is 11.1. The number of Topliss-reactive ketones (excluding diaryl/α,β-unsaturated/α-hetero) is 1. The number of hydrogen-bond acceptors (Lipinski definition) is 3. The van der Waals surface area contributed by atoms with Crippen LogP contribution in [0.15, 0.2) is 0 Å². The van der Waals surface area contributed by atoms with Crippen molar-refractivity contribution in [1.29, 1.82) is 0 Å². The normalized spacial score (nSPS) is 9.77. The van der Waals surface area contributed by atoms with Gasteiger partial charge in [0, 0.05) is 33.4 Å². The van der Waals surface area contributed by atoms with Crippen LogP contribution in [0.5, 0.6) is 0 Å². The highest BCUT2D eigenvalue weighted by Gasteiger charge is 2.07. The van der Waals surface area contributed by atoms with Crippen LogP contribution >= 0.6 is 11.8 Å². The fourth-order valence-electron chi connectivity index (χ4n) is 0.811. The molecule has 0 rings (SSSR count). The highest BCUT2D eigenvalue weighted by Crippen LogP contribution is 2.02. The summed E-state index contributed by atoms with van der Waals surface area (Å²) >= 11 is 1.65. The number of amides is 1. The smallest absolute Gasteiger partial charge is 0.222 e. The summed E-state index contributed by atoms with van der Waals surface area (Å²) in [6.07, 6.45) is 3.29. The molecule has 0 atom stereocenters. The Morgan fingerprint density at radius 2 is 1.77 bits per heavy atom. The number of ketones is 1. The van der Waals surface area contributed by atoms with Gasteiger partial charge >= 0.3 is 0 Å². The van der Waals surface area contributed by atoms with Gasteiger partial charge in [-0.2, -0.15) is 11.8 Å². The lowest BCUT2D eigenvalue weighted by Gasteiger charge is -2.08. The van der Waals surface area contributed by atoms with Crippen molar-refractivity contribution in [2.45, 2.75) is 19.3 Å². The van der Waals surface area contributed by atoms with Crippen LogP contribution in [0, 0.1) is 0 Å². The van der Waals surface area contributed by atoms with Gasteiger partial charge in [0.1, 0.15) is 5.78 Å². The highest BCUT2D eigenvalue weighted by molar-refractivity contribution is 7.98. The second-order valence-electron chi connectivity index (χ2n) is 3.07. The first kappa shape index (κ1) is 12.5. The summed E-state index contributed by atoms with van der Waals surface area (Å²) in [6.45, 7) is 0. The Hall–Kier alpha value is -0.510. The van der Waals surface area contributed by atoms with Gasteiger partial charge in [-0.15, -0.1) is 0 Å². The van der Waals surface area contributed by atoms with Crippen LogP contribution in [0.3, 0.4) is 0 Å². The third-order valence-electron chi connectivity index (χ3n) is 1.70. The highest BCUT2D eigenvalue weighted by atomic mass is 32.2. The molecule has 0 saturated heterocycles. The molecule has 0 aliphatic carbocycles. The van der Waals surface area contributed by atoms with Crippen LogP contribution in [-0.4, -0.2) is 42.7 Å². The van der Waals surface area contributed by atoms with Gasteiger partial charge in [0.2, 0.25) is 5.91 Å². The van der Waals surface area contributed by atoms with E-state index in [1.807, 2.05) is 6.26 Å². The first-order valence-electron chi connectivity index (χ1n) is 4.28. The maximum Gasteiger partial charge on any atom is 0.222 e. The fourth-order valence-corrected chi connectivity index (χ4v) is 1.24. The lowest BCUT2D eigenvalue weighted by Crippen LogP contribution is -2.22. The molecular formula is C9H17NO2S. The number of nitrogens with zero attached hydrogens (tertiary/aromatic N) is 1. The molecule has 0 N–H and O–H groups in total. The van der Waals surface area contributed by atoms with Crippen LogP contribution in [0.4, 0.5) is 0 Å². The van der Waals surface area contributed by atoms with Crippen LogP contribution in [0.1, 0.15) is 19.3 Å². The molecule has 0 aliphatic heterocycles. The van der Waals surface area contributed by atoms with Crippen molar-refractivity contribution in [3.63, 3.8) is 0 Å². The second kappa shape index (κ2) is 6.95. The standard InChI is InChI=1S/C9H17NO2S/c1-10(2)9(12)5-4-8(11)6-7-13-3/h4-7H2,1-3H3. The molecule has 4 heteroatoms. The van der Waals surface area contributed by atoms with Crippen molar-refractivity contribution in [1.82, 2.24) is 4.90 Å². The quantitative estimate of drug-likeness (QED) is 0.650. The first-order valence-corrected chi connectivity index (χ1v) is 5.68. The maximum atomic E-state index is 11.1. The molecule has 0 unspecified atom stereocenters. The third-order valence-corrected chi connectivity index (χ3v) is 2.31. The Bertz CT molecular complexity index is 180. The Labute approximate surface area is 83.9 Å². The van der Waals surface area contributed by atoms with E-state index in [0.29, 0.717) is 19.3 Å². The Kier molecular flexibility index (Phi) is 6.68. The lowest BCUT2D eigenvalue weighted by molar-refractivity contribution is -0.131. The van der Waals surface area contributed by atoms with Crippen molar-refractivity contribution in [2.24, 2.45) is 0 Å². The summed E-state index contributed by atoms with van der Waals surface area (Å²) in [6, 6.07) is 0. The lowest BCUT2D eigenvalue weighted by atomic mass is 10.2. The molecule has 0 bridgehead atoms. The van der Waals surface area contributed by atoms with Crippen LogP contribution in [0.2, 0.25) is 0 Å². The Balaban J connectivity index is 3.52. The zero-order valence-corrected chi connectivity index (χ0v) is 9.32. The molecule has 0 fully saturated rings. The SMILES string of the molecule is CSCCC(=O)CCC(=O)N(C)C. The summed E-state index contributed by atoms with van der Waals surface area (Å²) in [7, 11) is 3.41. The van der Waals surface area contributed by atoms with E-state index in [2.05, 4.69) is 0 Å². The Morgan fingerprint density at radius 3 is 2.23 bits per heavy atom. The van der Waals surface area contributed by atoms with Crippen molar-refractivity contribution in [3.05, 3.63) is 0 Å². The topological polar surface area (TPSA) is 37.4 Å². The zero-order valence-electron chi connectivity index (χ0n) is 8.50. The van der Waals surface area contributed by atoms with Crippen molar-refractivity contribution in [3.8, 4) is 0 Å². The minimum Gasteiger partial charge on any atom is -0.349 e. The van der Waals surface area contributed by atoms with E-state index in [1.165, 1.54) is 4.90 Å². The molecule has 0 spiro atoms. The summed E-state index contributed by atoms with van der Waals surface area (Å²) in [5, 5.41) is 0. The van der Waals surface area contributed by atoms with Gasteiger partial charge in [0.05, 0.1) is 0 Å². The molecule has 76 valence electrons. The summed E-state index contributed by atoms with van der Waals surface area (Å²) in [5.74, 6) is 1.07. The average Bonchev–Trinajstić information content (AvgIpc) is 2.10. The molecule has 0 aromatic rings. The molecular weight excluding hydrogens is 186 g/mol. The summed E-state index contributed by atoms with van der Waals surface area (Å²) in [5.41, 5.74) is 0. The van der Waals surface area contributed by atoms with Crippen LogP contribution in [0.25, 0.3) is 0 Å². The molecule has 0 saturated carbocycles. The van der Waals surface area contributed by atoms with Gasteiger partial charge in [-0.25, -0.2) is 0 Å². The Morgan fingerprint density at radius 1 is 1.15 bits per heavy atom. The van der Waals surface area contributed by atoms with Crippen molar-refractivity contribution < 1.29 is 9.59 Å². The molecule has 0 aromatic heterocycles. The molecule has 0 aromatic carbocycles. The van der Waals surface area contributed by atoms with Gasteiger partial charge < -0.3 is 4.90 Å². The summed E-state index contributed by atoms with van der Waals surface area (Å²) in [4.78, 5) is 23.8. The first-order chi connectivity index (χ1) is 6.07. The summed E-state index contributed by atoms with van der Waals surface area (Å²) < 4.78 is 0. The minimum absolute atomic E-state index is 0.0255. The van der Waals surface area contributed by atoms with Gasteiger partial charge in [0.15, 0.2) is 0 Å². The molecule has 0 aliphatic rings. The molecule has 13 heavy (non-hydrogen) atoms. The minimum atomic E-state index is 0.0255. The van der Waals surface area contributed by atoms with E-state index in [1.54, 1.807) is 25.9 Å². The monoisotopic (exact) mass is 203 g/mol. The number of thioether (sulfide) groups is 1. The van der Waals surface area contributed by atoms with Gasteiger partial charge in [-0.05, 0) is 12.0 Å².